The number of rotatable bonds is 4. The first-order valence-corrected chi connectivity index (χ1v) is 6.21. The molecule has 2 aromatic heterocycles. The molecule has 0 fully saturated rings. The number of hydrogen-bond donors (Lipinski definition) is 1. The molecule has 0 saturated heterocycles. The van der Waals surface area contributed by atoms with Crippen molar-refractivity contribution in [3.63, 3.8) is 0 Å². The van der Waals surface area contributed by atoms with Gasteiger partial charge < -0.3 is 5.32 Å². The van der Waals surface area contributed by atoms with E-state index in [1.54, 1.807) is 19.2 Å². The Bertz CT molecular complexity index is 590. The van der Waals surface area contributed by atoms with E-state index >= 15 is 0 Å². The van der Waals surface area contributed by atoms with Crippen molar-refractivity contribution in [2.45, 2.75) is 26.6 Å². The first-order valence-electron chi connectivity index (χ1n) is 6.21. The summed E-state index contributed by atoms with van der Waals surface area (Å²) in [5, 5.41) is 6.73. The van der Waals surface area contributed by atoms with Gasteiger partial charge in [0, 0.05) is 30.2 Å². The molecule has 2 aromatic rings. The van der Waals surface area contributed by atoms with E-state index in [4.69, 9.17) is 0 Å². The van der Waals surface area contributed by atoms with E-state index in [1.807, 2.05) is 6.92 Å². The van der Waals surface area contributed by atoms with E-state index in [-0.39, 0.29) is 0 Å². The fourth-order valence-electron chi connectivity index (χ4n) is 1.79. The Hall–Kier alpha value is -1.89. The molecular formula is C13H15F3N4. The summed E-state index contributed by atoms with van der Waals surface area (Å²) in [6.07, 6.45) is -1.47. The molecule has 1 N–H and O–H groups in total. The van der Waals surface area contributed by atoms with Crippen molar-refractivity contribution in [2.75, 3.05) is 6.54 Å². The maximum atomic E-state index is 12.6. The number of hydrogen-bond acceptors (Lipinski definition) is 3. The lowest BCUT2D eigenvalue weighted by Crippen LogP contribution is -2.15. The normalized spacial score (nSPS) is 11.8. The van der Waals surface area contributed by atoms with Gasteiger partial charge in [-0.15, -0.1) is 0 Å². The fraction of sp³-hybridized carbons (Fsp3) is 0.385. The van der Waals surface area contributed by atoms with Crippen LogP contribution in [-0.4, -0.2) is 21.3 Å². The quantitative estimate of drug-likeness (QED) is 0.938. The van der Waals surface area contributed by atoms with Crippen molar-refractivity contribution in [3.8, 4) is 5.69 Å². The standard InChI is InChI=1S/C13H15F3N4/c1-3-17-7-10-8-18-9(2)6-11(10)20-5-4-12(19-20)13(14,15)16/h4-6,8,17H,3,7H2,1-2H3. The van der Waals surface area contributed by atoms with Crippen molar-refractivity contribution in [2.24, 2.45) is 0 Å². The number of alkyl halides is 3. The lowest BCUT2D eigenvalue weighted by atomic mass is 10.2. The van der Waals surface area contributed by atoms with E-state index in [9.17, 15) is 13.2 Å². The molecule has 0 saturated carbocycles. The van der Waals surface area contributed by atoms with Crippen molar-refractivity contribution in [1.29, 1.82) is 0 Å². The molecule has 2 rings (SSSR count). The summed E-state index contributed by atoms with van der Waals surface area (Å²) < 4.78 is 39.0. The summed E-state index contributed by atoms with van der Waals surface area (Å²) >= 11 is 0. The molecule has 0 unspecified atom stereocenters. The van der Waals surface area contributed by atoms with Gasteiger partial charge in [-0.05, 0) is 25.6 Å². The molecule has 4 nitrogen and oxygen atoms in total. The minimum absolute atomic E-state index is 0.528. The molecule has 0 bridgehead atoms. The highest BCUT2D eigenvalue weighted by molar-refractivity contribution is 5.40. The first-order chi connectivity index (χ1) is 9.41. The van der Waals surface area contributed by atoms with Crippen LogP contribution >= 0.6 is 0 Å². The zero-order valence-corrected chi connectivity index (χ0v) is 11.2. The first kappa shape index (κ1) is 14.5. The number of nitrogens with one attached hydrogen (secondary N) is 1. The van der Waals surface area contributed by atoms with Crippen molar-refractivity contribution in [1.82, 2.24) is 20.1 Å². The highest BCUT2D eigenvalue weighted by atomic mass is 19.4. The molecule has 20 heavy (non-hydrogen) atoms. The minimum atomic E-state index is -4.44. The van der Waals surface area contributed by atoms with Crippen LogP contribution in [-0.2, 0) is 12.7 Å². The Morgan fingerprint density at radius 2 is 2.10 bits per heavy atom. The van der Waals surface area contributed by atoms with Gasteiger partial charge in [-0.3, -0.25) is 4.98 Å². The zero-order chi connectivity index (χ0) is 14.8. The molecule has 0 atom stereocenters. The van der Waals surface area contributed by atoms with Gasteiger partial charge >= 0.3 is 6.18 Å². The lowest BCUT2D eigenvalue weighted by Gasteiger charge is -2.10. The Morgan fingerprint density at radius 3 is 2.70 bits per heavy atom. The third-order valence-electron chi connectivity index (χ3n) is 2.79. The van der Waals surface area contributed by atoms with Gasteiger partial charge in [0.1, 0.15) is 0 Å². The van der Waals surface area contributed by atoms with E-state index in [2.05, 4.69) is 15.4 Å². The topological polar surface area (TPSA) is 42.7 Å². The predicted octanol–water partition coefficient (Wildman–Crippen LogP) is 2.70. The van der Waals surface area contributed by atoms with Crippen LogP contribution in [0.1, 0.15) is 23.9 Å². The van der Waals surface area contributed by atoms with Crippen LogP contribution in [0.15, 0.2) is 24.5 Å². The van der Waals surface area contributed by atoms with Crippen LogP contribution in [0.5, 0.6) is 0 Å². The van der Waals surface area contributed by atoms with Gasteiger partial charge in [-0.1, -0.05) is 6.92 Å². The number of nitrogens with zero attached hydrogens (tertiary/aromatic N) is 3. The summed E-state index contributed by atoms with van der Waals surface area (Å²) in [5.41, 5.74) is 1.23. The number of aryl methyl sites for hydroxylation is 1. The van der Waals surface area contributed by atoms with Crippen molar-refractivity contribution < 1.29 is 13.2 Å². The van der Waals surface area contributed by atoms with Crippen LogP contribution in [0.25, 0.3) is 5.69 Å². The third-order valence-corrected chi connectivity index (χ3v) is 2.79. The van der Waals surface area contributed by atoms with Crippen molar-refractivity contribution >= 4 is 0 Å². The van der Waals surface area contributed by atoms with Crippen LogP contribution in [0.2, 0.25) is 0 Å². The summed E-state index contributed by atoms with van der Waals surface area (Å²) in [4.78, 5) is 4.17. The Balaban J connectivity index is 2.40. The van der Waals surface area contributed by atoms with Gasteiger partial charge in [-0.25, -0.2) is 4.68 Å². The monoisotopic (exact) mass is 284 g/mol. The highest BCUT2D eigenvalue weighted by Crippen LogP contribution is 2.28. The van der Waals surface area contributed by atoms with E-state index in [0.29, 0.717) is 12.2 Å². The van der Waals surface area contributed by atoms with Gasteiger partial charge in [0.05, 0.1) is 5.69 Å². The number of halogens is 3. The van der Waals surface area contributed by atoms with Gasteiger partial charge in [0.15, 0.2) is 5.69 Å². The molecule has 0 amide bonds. The van der Waals surface area contributed by atoms with Gasteiger partial charge in [0.2, 0.25) is 0 Å². The second kappa shape index (κ2) is 5.62. The number of pyridine rings is 1. The van der Waals surface area contributed by atoms with Crippen molar-refractivity contribution in [3.05, 3.63) is 41.5 Å². The summed E-state index contributed by atoms with van der Waals surface area (Å²) in [7, 11) is 0. The van der Waals surface area contributed by atoms with Crippen LogP contribution < -0.4 is 5.32 Å². The zero-order valence-electron chi connectivity index (χ0n) is 11.2. The molecule has 0 aliphatic rings. The smallest absolute Gasteiger partial charge is 0.313 e. The maximum absolute atomic E-state index is 12.6. The molecular weight excluding hydrogens is 269 g/mol. The fourth-order valence-corrected chi connectivity index (χ4v) is 1.79. The van der Waals surface area contributed by atoms with E-state index in [0.717, 1.165) is 23.9 Å². The second-order valence-electron chi connectivity index (χ2n) is 4.38. The molecule has 108 valence electrons. The van der Waals surface area contributed by atoms with E-state index in [1.165, 1.54) is 10.9 Å². The average Bonchev–Trinajstić information content (AvgIpc) is 2.86. The Labute approximate surface area is 114 Å². The van der Waals surface area contributed by atoms with E-state index < -0.39 is 11.9 Å². The molecule has 2 heterocycles. The Morgan fingerprint density at radius 1 is 1.35 bits per heavy atom. The number of aromatic nitrogens is 3. The molecule has 7 heteroatoms. The highest BCUT2D eigenvalue weighted by Gasteiger charge is 2.33. The van der Waals surface area contributed by atoms with Gasteiger partial charge in [0.25, 0.3) is 0 Å². The summed E-state index contributed by atoms with van der Waals surface area (Å²) in [6.45, 7) is 5.03. The van der Waals surface area contributed by atoms with Gasteiger partial charge in [-0.2, -0.15) is 18.3 Å². The summed E-state index contributed by atoms with van der Waals surface area (Å²) in [5.74, 6) is 0. The molecule has 0 aliphatic carbocycles. The maximum Gasteiger partial charge on any atom is 0.435 e. The largest absolute Gasteiger partial charge is 0.435 e. The minimum Gasteiger partial charge on any atom is -0.313 e. The molecule has 0 spiro atoms. The second-order valence-corrected chi connectivity index (χ2v) is 4.38. The van der Waals surface area contributed by atoms with Crippen LogP contribution in [0, 0.1) is 6.92 Å². The van der Waals surface area contributed by atoms with Crippen LogP contribution in [0.4, 0.5) is 13.2 Å². The molecule has 0 radical (unpaired) electrons. The SMILES string of the molecule is CCNCc1cnc(C)cc1-n1ccc(C(F)(F)F)n1. The predicted molar refractivity (Wildman–Crippen MR) is 68.5 cm³/mol. The summed E-state index contributed by atoms with van der Waals surface area (Å²) in [6, 6.07) is 2.69. The average molecular weight is 284 g/mol. The van der Waals surface area contributed by atoms with Crippen LogP contribution in [0.3, 0.4) is 0 Å². The Kier molecular flexibility index (Phi) is 4.08. The molecule has 0 aromatic carbocycles. The molecule has 0 aliphatic heterocycles. The third kappa shape index (κ3) is 3.16. The lowest BCUT2D eigenvalue weighted by molar-refractivity contribution is -0.141.